The van der Waals surface area contributed by atoms with E-state index in [9.17, 15) is 9.90 Å². The van der Waals surface area contributed by atoms with Gasteiger partial charge >= 0.3 is 5.91 Å². The van der Waals surface area contributed by atoms with E-state index in [2.05, 4.69) is 10.3 Å². The quantitative estimate of drug-likeness (QED) is 0.910. The van der Waals surface area contributed by atoms with Crippen molar-refractivity contribution in [1.29, 1.82) is 0 Å². The third-order valence-corrected chi connectivity index (χ3v) is 3.29. The third kappa shape index (κ3) is 4.10. The minimum atomic E-state index is -0.318. The molecule has 1 atom stereocenters. The van der Waals surface area contributed by atoms with Gasteiger partial charge in [-0.05, 0) is 31.0 Å². The summed E-state index contributed by atoms with van der Waals surface area (Å²) < 4.78 is 5.52. The standard InChI is InChI=1S/C17H22N2O3/c1-11(9-12-5-7-13(20)8-6-12)19-15(21)16-18-10-14(22-16)17(2,3)4/h5-8,10-11,20H,9H2,1-4H3,(H,19,21). The van der Waals surface area contributed by atoms with E-state index in [4.69, 9.17) is 4.42 Å². The second-order valence-corrected chi connectivity index (χ2v) is 6.52. The number of phenolic OH excluding ortho intramolecular Hbond substituents is 1. The summed E-state index contributed by atoms with van der Waals surface area (Å²) in [5.74, 6) is 0.683. The van der Waals surface area contributed by atoms with Crippen LogP contribution in [0.25, 0.3) is 0 Å². The molecule has 2 N–H and O–H groups in total. The van der Waals surface area contributed by atoms with Crippen molar-refractivity contribution in [2.45, 2.75) is 45.6 Å². The molecule has 2 rings (SSSR count). The Morgan fingerprint density at radius 3 is 2.50 bits per heavy atom. The number of nitrogens with zero attached hydrogens (tertiary/aromatic N) is 1. The lowest BCUT2D eigenvalue weighted by Gasteiger charge is -2.14. The van der Waals surface area contributed by atoms with Crippen LogP contribution in [-0.4, -0.2) is 22.0 Å². The molecule has 5 heteroatoms. The molecule has 0 spiro atoms. The van der Waals surface area contributed by atoms with Crippen LogP contribution in [0, 0.1) is 0 Å². The molecule has 5 nitrogen and oxygen atoms in total. The number of aromatic nitrogens is 1. The molecular weight excluding hydrogens is 280 g/mol. The first-order chi connectivity index (χ1) is 10.3. The number of aromatic hydroxyl groups is 1. The fourth-order valence-corrected chi connectivity index (χ4v) is 2.05. The number of rotatable bonds is 4. The molecule has 0 saturated heterocycles. The van der Waals surface area contributed by atoms with E-state index in [0.717, 1.165) is 5.56 Å². The van der Waals surface area contributed by atoms with Crippen molar-refractivity contribution in [3.63, 3.8) is 0 Å². The van der Waals surface area contributed by atoms with Gasteiger partial charge in [0.15, 0.2) is 0 Å². The van der Waals surface area contributed by atoms with E-state index in [0.29, 0.717) is 12.2 Å². The molecule has 0 aliphatic rings. The van der Waals surface area contributed by atoms with E-state index in [1.807, 2.05) is 39.8 Å². The van der Waals surface area contributed by atoms with E-state index in [-0.39, 0.29) is 29.0 Å². The van der Waals surface area contributed by atoms with Crippen molar-refractivity contribution >= 4 is 5.91 Å². The Labute approximate surface area is 130 Å². The zero-order valence-corrected chi connectivity index (χ0v) is 13.4. The summed E-state index contributed by atoms with van der Waals surface area (Å²) in [6.45, 7) is 7.92. The fraction of sp³-hybridized carbons (Fsp3) is 0.412. The van der Waals surface area contributed by atoms with Crippen molar-refractivity contribution in [2.75, 3.05) is 0 Å². The summed E-state index contributed by atoms with van der Waals surface area (Å²) >= 11 is 0. The Morgan fingerprint density at radius 2 is 1.95 bits per heavy atom. The lowest BCUT2D eigenvalue weighted by atomic mass is 9.94. The highest BCUT2D eigenvalue weighted by atomic mass is 16.4. The van der Waals surface area contributed by atoms with Crippen LogP contribution in [0.1, 0.15) is 49.7 Å². The van der Waals surface area contributed by atoms with E-state index < -0.39 is 0 Å². The Bertz CT molecular complexity index is 639. The number of carbonyl (C=O) groups is 1. The molecule has 1 aromatic heterocycles. The summed E-state index contributed by atoms with van der Waals surface area (Å²) in [7, 11) is 0. The van der Waals surface area contributed by atoms with Crippen LogP contribution < -0.4 is 5.32 Å². The molecule has 2 aromatic rings. The highest BCUT2D eigenvalue weighted by molar-refractivity contribution is 5.89. The Balaban J connectivity index is 1.96. The lowest BCUT2D eigenvalue weighted by molar-refractivity contribution is 0.0901. The molecule has 1 amide bonds. The molecule has 0 aliphatic heterocycles. The topological polar surface area (TPSA) is 75.4 Å². The number of hydrogen-bond acceptors (Lipinski definition) is 4. The summed E-state index contributed by atoms with van der Waals surface area (Å²) in [6, 6.07) is 6.87. The van der Waals surface area contributed by atoms with Gasteiger partial charge in [-0.25, -0.2) is 4.98 Å². The highest BCUT2D eigenvalue weighted by Crippen LogP contribution is 2.22. The molecule has 118 valence electrons. The van der Waals surface area contributed by atoms with Crippen LogP contribution in [0.4, 0.5) is 0 Å². The van der Waals surface area contributed by atoms with Gasteiger partial charge in [-0.3, -0.25) is 4.79 Å². The number of hydrogen-bond donors (Lipinski definition) is 2. The maximum Gasteiger partial charge on any atom is 0.307 e. The second kappa shape index (κ2) is 6.22. The maximum absolute atomic E-state index is 12.1. The molecule has 1 unspecified atom stereocenters. The van der Waals surface area contributed by atoms with Gasteiger partial charge in [0.1, 0.15) is 11.5 Å². The number of phenols is 1. The van der Waals surface area contributed by atoms with Crippen molar-refractivity contribution in [1.82, 2.24) is 10.3 Å². The predicted molar refractivity (Wildman–Crippen MR) is 83.9 cm³/mol. The van der Waals surface area contributed by atoms with Crippen LogP contribution in [0.15, 0.2) is 34.9 Å². The van der Waals surface area contributed by atoms with E-state index >= 15 is 0 Å². The predicted octanol–water partition coefficient (Wildman–Crippen LogP) is 3.04. The smallest absolute Gasteiger partial charge is 0.307 e. The summed E-state index contributed by atoms with van der Waals surface area (Å²) in [5.41, 5.74) is 0.858. The van der Waals surface area contributed by atoms with E-state index in [1.165, 1.54) is 0 Å². The van der Waals surface area contributed by atoms with Crippen molar-refractivity contribution in [3.8, 4) is 5.75 Å². The number of benzene rings is 1. The van der Waals surface area contributed by atoms with Crippen LogP contribution in [0.2, 0.25) is 0 Å². The van der Waals surface area contributed by atoms with Crippen molar-refractivity contribution in [3.05, 3.63) is 47.7 Å². The molecule has 0 radical (unpaired) electrons. The molecule has 22 heavy (non-hydrogen) atoms. The molecule has 0 aliphatic carbocycles. The largest absolute Gasteiger partial charge is 0.508 e. The maximum atomic E-state index is 12.1. The Hall–Kier alpha value is -2.30. The number of oxazole rings is 1. The summed E-state index contributed by atoms with van der Waals surface area (Å²) in [4.78, 5) is 16.2. The average molecular weight is 302 g/mol. The SMILES string of the molecule is CC(Cc1ccc(O)cc1)NC(=O)c1ncc(C(C)(C)C)o1. The van der Waals surface area contributed by atoms with Crippen molar-refractivity contribution in [2.24, 2.45) is 0 Å². The fourth-order valence-electron chi connectivity index (χ4n) is 2.05. The first-order valence-electron chi connectivity index (χ1n) is 7.31. The normalized spacial score (nSPS) is 12.9. The van der Waals surface area contributed by atoms with Gasteiger partial charge in [-0.15, -0.1) is 0 Å². The number of nitrogens with one attached hydrogen (secondary N) is 1. The van der Waals surface area contributed by atoms with E-state index in [1.54, 1.807) is 18.3 Å². The first kappa shape index (κ1) is 16.1. The second-order valence-electron chi connectivity index (χ2n) is 6.52. The number of carbonyl (C=O) groups excluding carboxylic acids is 1. The first-order valence-corrected chi connectivity index (χ1v) is 7.31. The summed E-state index contributed by atoms with van der Waals surface area (Å²) in [6.07, 6.45) is 2.26. The third-order valence-electron chi connectivity index (χ3n) is 3.29. The Kier molecular flexibility index (Phi) is 4.54. The molecule has 0 bridgehead atoms. The molecule has 0 fully saturated rings. The van der Waals surface area contributed by atoms with Gasteiger partial charge in [0.2, 0.25) is 0 Å². The zero-order chi connectivity index (χ0) is 16.3. The lowest BCUT2D eigenvalue weighted by Crippen LogP contribution is -2.34. The average Bonchev–Trinajstić information content (AvgIpc) is 2.91. The van der Waals surface area contributed by atoms with Gasteiger partial charge < -0.3 is 14.8 Å². The zero-order valence-electron chi connectivity index (χ0n) is 13.4. The molecule has 1 aromatic carbocycles. The molecule has 0 saturated carbocycles. The van der Waals surface area contributed by atoms with Gasteiger partial charge in [-0.1, -0.05) is 32.9 Å². The molecular formula is C17H22N2O3. The van der Waals surface area contributed by atoms with Gasteiger partial charge in [0.05, 0.1) is 6.20 Å². The van der Waals surface area contributed by atoms with Gasteiger partial charge in [-0.2, -0.15) is 0 Å². The van der Waals surface area contributed by atoms with Crippen LogP contribution in [0.3, 0.4) is 0 Å². The molecule has 1 heterocycles. The monoisotopic (exact) mass is 302 g/mol. The van der Waals surface area contributed by atoms with Crippen LogP contribution in [-0.2, 0) is 11.8 Å². The van der Waals surface area contributed by atoms with Gasteiger partial charge in [0, 0.05) is 11.5 Å². The highest BCUT2D eigenvalue weighted by Gasteiger charge is 2.22. The number of amides is 1. The van der Waals surface area contributed by atoms with Crippen LogP contribution >= 0.6 is 0 Å². The van der Waals surface area contributed by atoms with Crippen LogP contribution in [0.5, 0.6) is 5.75 Å². The minimum absolute atomic E-state index is 0.0676. The minimum Gasteiger partial charge on any atom is -0.508 e. The van der Waals surface area contributed by atoms with Crippen molar-refractivity contribution < 1.29 is 14.3 Å². The Morgan fingerprint density at radius 1 is 1.32 bits per heavy atom. The summed E-state index contributed by atoms with van der Waals surface area (Å²) in [5, 5.41) is 12.1. The van der Waals surface area contributed by atoms with Gasteiger partial charge in [0.25, 0.3) is 5.89 Å².